The third kappa shape index (κ3) is 20.7. The number of rotatable bonds is 15. The van der Waals surface area contributed by atoms with E-state index >= 15 is 0 Å². The van der Waals surface area contributed by atoms with Crippen LogP contribution in [-0.4, -0.2) is 11.1 Å². The molecule has 0 saturated heterocycles. The molecule has 0 aliphatic heterocycles. The average Bonchev–Trinajstić information content (AvgIpc) is 2.49. The summed E-state index contributed by atoms with van der Waals surface area (Å²) in [6.45, 7) is 4.62. The van der Waals surface area contributed by atoms with Crippen molar-refractivity contribution in [2.75, 3.05) is 0 Å². The zero-order valence-corrected chi connectivity index (χ0v) is 15.2. The van der Waals surface area contributed by atoms with Gasteiger partial charge in [-0.3, -0.25) is 0 Å². The third-order valence-electron chi connectivity index (χ3n) is 3.86. The van der Waals surface area contributed by atoms with Crippen LogP contribution >= 0.6 is 0 Å². The lowest BCUT2D eigenvalue weighted by molar-refractivity contribution is -0.131. The van der Waals surface area contributed by atoms with Crippen LogP contribution in [0.15, 0.2) is 36.5 Å². The number of carboxylic acid groups (broad SMARTS) is 1. The standard InChI is InChI=1S/C21H36O2/c1-20(2)18-16-14-12-10-8-6-4-3-5-7-9-11-13-15-17-19-21(22)23/h9,11,13,15,17,19-20H,3-8,10,12,14,16,18H2,1-2H3,(H,22,23). The van der Waals surface area contributed by atoms with Gasteiger partial charge in [-0.15, -0.1) is 0 Å². The first-order chi connectivity index (χ1) is 11.1. The van der Waals surface area contributed by atoms with Gasteiger partial charge in [-0.25, -0.2) is 4.79 Å². The van der Waals surface area contributed by atoms with E-state index in [1.165, 1.54) is 70.3 Å². The molecule has 0 atom stereocenters. The van der Waals surface area contributed by atoms with Crippen molar-refractivity contribution < 1.29 is 9.90 Å². The van der Waals surface area contributed by atoms with Gasteiger partial charge in [0.15, 0.2) is 0 Å². The fourth-order valence-electron chi connectivity index (χ4n) is 2.49. The van der Waals surface area contributed by atoms with Crippen molar-refractivity contribution in [3.05, 3.63) is 36.5 Å². The molecule has 1 N–H and O–H groups in total. The van der Waals surface area contributed by atoms with Gasteiger partial charge in [0.2, 0.25) is 0 Å². The molecule has 0 aromatic rings. The molecule has 132 valence electrons. The van der Waals surface area contributed by atoms with E-state index in [1.54, 1.807) is 6.08 Å². The highest BCUT2D eigenvalue weighted by atomic mass is 16.4. The molecule has 0 fully saturated rings. The van der Waals surface area contributed by atoms with E-state index in [9.17, 15) is 4.79 Å². The van der Waals surface area contributed by atoms with Crippen LogP contribution in [0.3, 0.4) is 0 Å². The van der Waals surface area contributed by atoms with Crippen LogP contribution in [0.2, 0.25) is 0 Å². The number of aliphatic carboxylic acids is 1. The molecular formula is C21H36O2. The van der Waals surface area contributed by atoms with Crippen molar-refractivity contribution >= 4 is 5.97 Å². The minimum absolute atomic E-state index is 0.862. The number of carboxylic acids is 1. The van der Waals surface area contributed by atoms with Crippen LogP contribution in [0.1, 0.15) is 84.5 Å². The van der Waals surface area contributed by atoms with E-state index < -0.39 is 5.97 Å². The summed E-state index contributed by atoms with van der Waals surface area (Å²) in [6.07, 6.45) is 25.3. The number of carbonyl (C=O) groups is 1. The minimum Gasteiger partial charge on any atom is -0.478 e. The molecule has 0 radical (unpaired) electrons. The molecule has 0 amide bonds. The van der Waals surface area contributed by atoms with Gasteiger partial charge in [-0.05, 0) is 18.8 Å². The van der Waals surface area contributed by atoms with E-state index in [-0.39, 0.29) is 0 Å². The lowest BCUT2D eigenvalue weighted by Gasteiger charge is -2.04. The summed E-state index contributed by atoms with van der Waals surface area (Å²) in [5.41, 5.74) is 0. The average molecular weight is 321 g/mol. The lowest BCUT2D eigenvalue weighted by atomic mass is 10.0. The largest absolute Gasteiger partial charge is 0.478 e. The predicted octanol–water partition coefficient (Wildman–Crippen LogP) is 6.69. The van der Waals surface area contributed by atoms with Gasteiger partial charge in [0.05, 0.1) is 0 Å². The maximum Gasteiger partial charge on any atom is 0.328 e. The van der Waals surface area contributed by atoms with Gasteiger partial charge in [-0.1, -0.05) is 102 Å². The smallest absolute Gasteiger partial charge is 0.328 e. The molecule has 0 aliphatic carbocycles. The molecule has 0 unspecified atom stereocenters. The summed E-state index contributed by atoms with van der Waals surface area (Å²) in [4.78, 5) is 10.2. The first-order valence-electron chi connectivity index (χ1n) is 9.35. The summed E-state index contributed by atoms with van der Waals surface area (Å²) < 4.78 is 0. The second kappa shape index (κ2) is 17.1. The first-order valence-corrected chi connectivity index (χ1v) is 9.35. The summed E-state index contributed by atoms with van der Waals surface area (Å²) >= 11 is 0. The predicted molar refractivity (Wildman–Crippen MR) is 101 cm³/mol. The molecule has 0 aliphatic rings. The van der Waals surface area contributed by atoms with Gasteiger partial charge < -0.3 is 5.11 Å². The summed E-state index contributed by atoms with van der Waals surface area (Å²) in [7, 11) is 0. The van der Waals surface area contributed by atoms with Gasteiger partial charge in [0.25, 0.3) is 0 Å². The highest BCUT2D eigenvalue weighted by Crippen LogP contribution is 2.13. The zero-order chi connectivity index (χ0) is 17.2. The van der Waals surface area contributed by atoms with Crippen LogP contribution in [0, 0.1) is 5.92 Å². The number of hydrogen-bond acceptors (Lipinski definition) is 1. The van der Waals surface area contributed by atoms with Gasteiger partial charge in [0, 0.05) is 6.08 Å². The Balaban J connectivity index is 3.23. The van der Waals surface area contributed by atoms with Crippen molar-refractivity contribution in [1.82, 2.24) is 0 Å². The fraction of sp³-hybridized carbons (Fsp3) is 0.667. The number of allylic oxidation sites excluding steroid dienone is 5. The topological polar surface area (TPSA) is 37.3 Å². The van der Waals surface area contributed by atoms with E-state index in [4.69, 9.17) is 5.11 Å². The Morgan fingerprint density at radius 3 is 1.87 bits per heavy atom. The molecule has 0 aromatic carbocycles. The van der Waals surface area contributed by atoms with Crippen molar-refractivity contribution in [2.24, 2.45) is 5.92 Å². The first kappa shape index (κ1) is 21.7. The van der Waals surface area contributed by atoms with Crippen molar-refractivity contribution in [2.45, 2.75) is 84.5 Å². The Kier molecular flexibility index (Phi) is 16.1. The van der Waals surface area contributed by atoms with Crippen molar-refractivity contribution in [3.8, 4) is 0 Å². The van der Waals surface area contributed by atoms with E-state index in [0.717, 1.165) is 18.4 Å². The maximum absolute atomic E-state index is 10.2. The van der Waals surface area contributed by atoms with Gasteiger partial charge in [-0.2, -0.15) is 0 Å². The monoisotopic (exact) mass is 320 g/mol. The molecule has 0 rings (SSSR count). The van der Waals surface area contributed by atoms with E-state index in [0.29, 0.717) is 0 Å². The quantitative estimate of drug-likeness (QED) is 0.207. The van der Waals surface area contributed by atoms with Gasteiger partial charge in [0.1, 0.15) is 0 Å². The SMILES string of the molecule is CC(C)CCCCCCCCCCCC=CC=CC=CC(=O)O. The van der Waals surface area contributed by atoms with E-state index in [2.05, 4.69) is 19.9 Å². The van der Waals surface area contributed by atoms with Crippen molar-refractivity contribution in [3.63, 3.8) is 0 Å². The minimum atomic E-state index is -0.908. The normalized spacial score (nSPS) is 12.3. The summed E-state index contributed by atoms with van der Waals surface area (Å²) in [5.74, 6) is -0.0464. The second-order valence-electron chi connectivity index (χ2n) is 6.66. The number of hydrogen-bond donors (Lipinski definition) is 1. The van der Waals surface area contributed by atoms with Crippen LogP contribution < -0.4 is 0 Å². The summed E-state index contributed by atoms with van der Waals surface area (Å²) in [6, 6.07) is 0. The highest BCUT2D eigenvalue weighted by molar-refractivity contribution is 5.80. The molecule has 2 heteroatoms. The van der Waals surface area contributed by atoms with Crippen LogP contribution in [0.5, 0.6) is 0 Å². The van der Waals surface area contributed by atoms with Crippen LogP contribution in [0.25, 0.3) is 0 Å². The number of unbranched alkanes of at least 4 members (excludes halogenated alkanes) is 9. The van der Waals surface area contributed by atoms with Crippen LogP contribution in [-0.2, 0) is 4.79 Å². The van der Waals surface area contributed by atoms with E-state index in [1.807, 2.05) is 12.2 Å². The Bertz CT molecular complexity index is 351. The molecule has 0 saturated carbocycles. The molecule has 0 aromatic heterocycles. The highest BCUT2D eigenvalue weighted by Gasteiger charge is 1.95. The third-order valence-corrected chi connectivity index (χ3v) is 3.86. The molecular weight excluding hydrogens is 284 g/mol. The van der Waals surface area contributed by atoms with Gasteiger partial charge >= 0.3 is 5.97 Å². The Hall–Kier alpha value is -1.31. The molecule has 2 nitrogen and oxygen atoms in total. The Labute approximate surface area is 143 Å². The maximum atomic E-state index is 10.2. The molecule has 0 bridgehead atoms. The fourth-order valence-corrected chi connectivity index (χ4v) is 2.49. The lowest BCUT2D eigenvalue weighted by Crippen LogP contribution is -1.87. The molecule has 0 heterocycles. The Morgan fingerprint density at radius 1 is 0.783 bits per heavy atom. The molecule has 23 heavy (non-hydrogen) atoms. The Morgan fingerprint density at radius 2 is 1.30 bits per heavy atom. The molecule has 0 spiro atoms. The summed E-state index contributed by atoms with van der Waals surface area (Å²) in [5, 5.41) is 8.41. The van der Waals surface area contributed by atoms with Crippen LogP contribution in [0.4, 0.5) is 0 Å². The van der Waals surface area contributed by atoms with Crippen molar-refractivity contribution in [1.29, 1.82) is 0 Å². The zero-order valence-electron chi connectivity index (χ0n) is 15.2. The second-order valence-corrected chi connectivity index (χ2v) is 6.66.